The minimum atomic E-state index is 0.545. The summed E-state index contributed by atoms with van der Waals surface area (Å²) in [6.45, 7) is 2.97. The van der Waals surface area contributed by atoms with Crippen LogP contribution in [0.5, 0.6) is 0 Å². The normalized spacial score (nSPS) is 37.9. The first kappa shape index (κ1) is 10.4. The van der Waals surface area contributed by atoms with Crippen LogP contribution in [0.2, 0.25) is 0 Å². The summed E-state index contributed by atoms with van der Waals surface area (Å²) in [6, 6.07) is 0.575. The van der Waals surface area contributed by atoms with Crippen LogP contribution in [0.15, 0.2) is 0 Å². The molecule has 1 N–H and O–H groups in total. The first-order valence-electron chi connectivity index (χ1n) is 5.72. The summed E-state index contributed by atoms with van der Waals surface area (Å²) in [5.74, 6) is 0.804. The minimum absolute atomic E-state index is 0.545. The first-order valence-corrected chi connectivity index (χ1v) is 5.72. The summed E-state index contributed by atoms with van der Waals surface area (Å²) in [7, 11) is 1.77. The van der Waals surface area contributed by atoms with E-state index in [1.54, 1.807) is 7.11 Å². The molecule has 82 valence electrons. The Morgan fingerprint density at radius 3 is 3.14 bits per heavy atom. The van der Waals surface area contributed by atoms with E-state index < -0.39 is 0 Å². The highest BCUT2D eigenvalue weighted by molar-refractivity contribution is 4.83. The van der Waals surface area contributed by atoms with Crippen molar-refractivity contribution in [3.8, 4) is 0 Å². The molecule has 0 aromatic heterocycles. The molecule has 0 amide bonds. The maximum Gasteiger partial charge on any atom is 0.0615 e. The average Bonchev–Trinajstić information content (AvgIpc) is 2.79. The van der Waals surface area contributed by atoms with E-state index in [9.17, 15) is 0 Å². The van der Waals surface area contributed by atoms with Crippen molar-refractivity contribution in [3.05, 3.63) is 0 Å². The van der Waals surface area contributed by atoms with Crippen LogP contribution in [-0.4, -0.2) is 39.0 Å². The Bertz CT molecular complexity index is 169. The van der Waals surface area contributed by atoms with Crippen LogP contribution < -0.4 is 5.32 Å². The van der Waals surface area contributed by atoms with Crippen molar-refractivity contribution in [1.82, 2.24) is 5.32 Å². The number of rotatable bonds is 4. The van der Waals surface area contributed by atoms with Crippen molar-refractivity contribution in [2.45, 2.75) is 37.8 Å². The third-order valence-corrected chi connectivity index (χ3v) is 3.30. The van der Waals surface area contributed by atoms with Gasteiger partial charge in [0.05, 0.1) is 12.7 Å². The van der Waals surface area contributed by atoms with Gasteiger partial charge < -0.3 is 14.8 Å². The first-order chi connectivity index (χ1) is 6.88. The Morgan fingerprint density at radius 2 is 2.43 bits per heavy atom. The van der Waals surface area contributed by atoms with E-state index in [0.717, 1.165) is 25.7 Å². The van der Waals surface area contributed by atoms with E-state index >= 15 is 0 Å². The molecule has 2 fully saturated rings. The van der Waals surface area contributed by atoms with Crippen molar-refractivity contribution in [2.75, 3.05) is 26.9 Å². The van der Waals surface area contributed by atoms with Crippen LogP contribution in [0.3, 0.4) is 0 Å². The number of ether oxygens (including phenoxy) is 2. The maximum atomic E-state index is 5.65. The van der Waals surface area contributed by atoms with Gasteiger partial charge in [0.25, 0.3) is 0 Å². The Balaban J connectivity index is 1.67. The van der Waals surface area contributed by atoms with E-state index in [4.69, 9.17) is 9.47 Å². The molecule has 0 bridgehead atoms. The van der Waals surface area contributed by atoms with Crippen LogP contribution in [0.1, 0.15) is 25.7 Å². The maximum absolute atomic E-state index is 5.65. The molecule has 2 aliphatic heterocycles. The Kier molecular flexibility index (Phi) is 3.79. The molecule has 3 unspecified atom stereocenters. The highest BCUT2D eigenvalue weighted by Crippen LogP contribution is 2.25. The molecule has 0 radical (unpaired) electrons. The Morgan fingerprint density at radius 1 is 1.50 bits per heavy atom. The molecule has 0 aromatic carbocycles. The zero-order chi connectivity index (χ0) is 9.80. The van der Waals surface area contributed by atoms with Crippen LogP contribution in [0, 0.1) is 5.92 Å². The van der Waals surface area contributed by atoms with Crippen molar-refractivity contribution in [1.29, 1.82) is 0 Å². The lowest BCUT2D eigenvalue weighted by Crippen LogP contribution is -2.25. The van der Waals surface area contributed by atoms with Gasteiger partial charge in [0, 0.05) is 19.8 Å². The van der Waals surface area contributed by atoms with Gasteiger partial charge in [-0.3, -0.25) is 0 Å². The number of hydrogen-bond donors (Lipinski definition) is 1. The molecular formula is C11H21NO2. The zero-order valence-corrected chi connectivity index (χ0v) is 9.00. The molecule has 2 rings (SSSR count). The SMILES string of the molecule is COCC1CC(CC2CCCO2)CN1. The summed E-state index contributed by atoms with van der Waals surface area (Å²) >= 11 is 0. The predicted molar refractivity (Wildman–Crippen MR) is 55.4 cm³/mol. The number of hydrogen-bond acceptors (Lipinski definition) is 3. The Hall–Kier alpha value is -0.120. The molecule has 0 saturated carbocycles. The second-order valence-electron chi connectivity index (χ2n) is 4.53. The Labute approximate surface area is 86.2 Å². The van der Waals surface area contributed by atoms with Crippen LogP contribution in [-0.2, 0) is 9.47 Å². The van der Waals surface area contributed by atoms with E-state index in [0.29, 0.717) is 12.1 Å². The van der Waals surface area contributed by atoms with Gasteiger partial charge in [-0.1, -0.05) is 0 Å². The van der Waals surface area contributed by atoms with E-state index in [1.807, 2.05) is 0 Å². The third-order valence-electron chi connectivity index (χ3n) is 3.30. The summed E-state index contributed by atoms with van der Waals surface area (Å²) in [5, 5.41) is 3.50. The molecule has 2 heterocycles. The van der Waals surface area contributed by atoms with Gasteiger partial charge >= 0.3 is 0 Å². The van der Waals surface area contributed by atoms with E-state index in [1.165, 1.54) is 25.7 Å². The molecule has 0 spiro atoms. The highest BCUT2D eigenvalue weighted by atomic mass is 16.5. The van der Waals surface area contributed by atoms with E-state index in [-0.39, 0.29) is 0 Å². The summed E-state index contributed by atoms with van der Waals surface area (Å²) in [4.78, 5) is 0. The second kappa shape index (κ2) is 5.10. The lowest BCUT2D eigenvalue weighted by atomic mass is 9.97. The lowest BCUT2D eigenvalue weighted by Gasteiger charge is -2.14. The number of nitrogens with one attached hydrogen (secondary N) is 1. The summed E-state index contributed by atoms with van der Waals surface area (Å²) in [6.07, 6.45) is 5.57. The van der Waals surface area contributed by atoms with Crippen LogP contribution in [0.4, 0.5) is 0 Å². The largest absolute Gasteiger partial charge is 0.383 e. The van der Waals surface area contributed by atoms with E-state index in [2.05, 4.69) is 5.32 Å². The molecule has 3 heteroatoms. The second-order valence-corrected chi connectivity index (χ2v) is 4.53. The standard InChI is InChI=1S/C11H21NO2/c1-13-8-10-5-9(7-12-10)6-11-3-2-4-14-11/h9-12H,2-8H2,1H3. The van der Waals surface area contributed by atoms with Gasteiger partial charge in [-0.25, -0.2) is 0 Å². The van der Waals surface area contributed by atoms with Gasteiger partial charge in [-0.15, -0.1) is 0 Å². The fourth-order valence-electron chi connectivity index (χ4n) is 2.61. The monoisotopic (exact) mass is 199 g/mol. The van der Waals surface area contributed by atoms with Gasteiger partial charge in [0.1, 0.15) is 0 Å². The lowest BCUT2D eigenvalue weighted by molar-refractivity contribution is 0.0908. The van der Waals surface area contributed by atoms with Gasteiger partial charge in [0.15, 0.2) is 0 Å². The quantitative estimate of drug-likeness (QED) is 0.737. The molecule has 0 aromatic rings. The van der Waals surface area contributed by atoms with Crippen molar-refractivity contribution in [3.63, 3.8) is 0 Å². The smallest absolute Gasteiger partial charge is 0.0615 e. The molecule has 3 atom stereocenters. The molecular weight excluding hydrogens is 178 g/mol. The summed E-state index contributed by atoms with van der Waals surface area (Å²) < 4.78 is 10.8. The van der Waals surface area contributed by atoms with Crippen LogP contribution in [0.25, 0.3) is 0 Å². The molecule has 2 saturated heterocycles. The van der Waals surface area contributed by atoms with Gasteiger partial charge in [-0.2, -0.15) is 0 Å². The molecule has 2 aliphatic rings. The molecule has 14 heavy (non-hydrogen) atoms. The van der Waals surface area contributed by atoms with Gasteiger partial charge in [-0.05, 0) is 38.1 Å². The fraction of sp³-hybridized carbons (Fsp3) is 1.00. The zero-order valence-electron chi connectivity index (χ0n) is 9.00. The van der Waals surface area contributed by atoms with Crippen LogP contribution >= 0.6 is 0 Å². The summed E-state index contributed by atoms with van der Waals surface area (Å²) in [5.41, 5.74) is 0. The highest BCUT2D eigenvalue weighted by Gasteiger charge is 2.27. The van der Waals surface area contributed by atoms with Crippen molar-refractivity contribution < 1.29 is 9.47 Å². The fourth-order valence-corrected chi connectivity index (χ4v) is 2.61. The minimum Gasteiger partial charge on any atom is -0.383 e. The topological polar surface area (TPSA) is 30.5 Å². The van der Waals surface area contributed by atoms with Gasteiger partial charge in [0.2, 0.25) is 0 Å². The van der Waals surface area contributed by atoms with Crippen molar-refractivity contribution in [2.24, 2.45) is 5.92 Å². The number of methoxy groups -OCH3 is 1. The third kappa shape index (κ3) is 2.69. The molecule has 3 nitrogen and oxygen atoms in total. The van der Waals surface area contributed by atoms with Crippen molar-refractivity contribution >= 4 is 0 Å². The molecule has 0 aliphatic carbocycles. The average molecular weight is 199 g/mol. The predicted octanol–water partition coefficient (Wildman–Crippen LogP) is 1.18.